The molecule has 1 atom stereocenters. The molecule has 32 heavy (non-hydrogen) atoms. The van der Waals surface area contributed by atoms with E-state index >= 15 is 0 Å². The van der Waals surface area contributed by atoms with Crippen molar-refractivity contribution in [1.82, 2.24) is 14.7 Å². The van der Waals surface area contributed by atoms with Gasteiger partial charge in [-0.05, 0) is 26.0 Å². The standard InChI is InChI=1S/C26H33N3O3/c1-5-16-31-19-22(30)17-29(20(2)3)18-24-25(21-12-8-6-9-13-21)27-28(4)26(24)32-23-14-10-7-11-15-23/h5-15,20,22,30H,1,16-19H2,2-4H3/t22-/m0/s1. The van der Waals surface area contributed by atoms with Crippen molar-refractivity contribution in [3.05, 3.63) is 78.9 Å². The highest BCUT2D eigenvalue weighted by molar-refractivity contribution is 5.65. The molecule has 6 nitrogen and oxygen atoms in total. The molecule has 0 fully saturated rings. The van der Waals surface area contributed by atoms with E-state index in [0.29, 0.717) is 25.6 Å². The van der Waals surface area contributed by atoms with E-state index in [0.717, 1.165) is 22.6 Å². The molecule has 1 aromatic heterocycles. The number of aliphatic hydroxyl groups is 1. The number of nitrogens with zero attached hydrogens (tertiary/aromatic N) is 3. The van der Waals surface area contributed by atoms with Crippen LogP contribution in [0.2, 0.25) is 0 Å². The molecule has 0 amide bonds. The lowest BCUT2D eigenvalue weighted by Crippen LogP contribution is -2.39. The minimum atomic E-state index is -0.604. The third-order valence-electron chi connectivity index (χ3n) is 5.18. The van der Waals surface area contributed by atoms with Crippen molar-refractivity contribution in [2.75, 3.05) is 19.8 Å². The predicted molar refractivity (Wildman–Crippen MR) is 128 cm³/mol. The maximum absolute atomic E-state index is 10.5. The summed E-state index contributed by atoms with van der Waals surface area (Å²) >= 11 is 0. The first-order valence-corrected chi connectivity index (χ1v) is 10.9. The molecule has 0 unspecified atom stereocenters. The van der Waals surface area contributed by atoms with Gasteiger partial charge in [-0.15, -0.1) is 6.58 Å². The fourth-order valence-corrected chi connectivity index (χ4v) is 3.52. The molecule has 0 saturated carbocycles. The second-order valence-corrected chi connectivity index (χ2v) is 8.04. The van der Waals surface area contributed by atoms with Crippen LogP contribution in [-0.4, -0.2) is 51.7 Å². The number of hydrogen-bond donors (Lipinski definition) is 1. The Morgan fingerprint density at radius 2 is 1.75 bits per heavy atom. The second-order valence-electron chi connectivity index (χ2n) is 8.04. The number of aliphatic hydroxyl groups excluding tert-OH is 1. The average Bonchev–Trinajstić information content (AvgIpc) is 3.10. The van der Waals surface area contributed by atoms with Crippen molar-refractivity contribution in [2.45, 2.75) is 32.5 Å². The second kappa shape index (κ2) is 11.6. The Labute approximate surface area is 190 Å². The molecule has 0 saturated heterocycles. The highest BCUT2D eigenvalue weighted by atomic mass is 16.5. The molecule has 1 N–H and O–H groups in total. The summed E-state index contributed by atoms with van der Waals surface area (Å²) in [5.41, 5.74) is 2.89. The SMILES string of the molecule is C=CCOC[C@@H](O)CN(Cc1c(-c2ccccc2)nn(C)c1Oc1ccccc1)C(C)C. The topological polar surface area (TPSA) is 59.8 Å². The van der Waals surface area contributed by atoms with E-state index in [2.05, 4.69) is 37.5 Å². The Kier molecular flexibility index (Phi) is 8.62. The number of para-hydroxylation sites is 1. The van der Waals surface area contributed by atoms with Crippen LogP contribution < -0.4 is 4.74 Å². The summed E-state index contributed by atoms with van der Waals surface area (Å²) in [6.07, 6.45) is 1.08. The lowest BCUT2D eigenvalue weighted by molar-refractivity contribution is 0.0177. The first-order chi connectivity index (χ1) is 15.5. The van der Waals surface area contributed by atoms with Gasteiger partial charge in [-0.1, -0.05) is 54.6 Å². The van der Waals surface area contributed by atoms with E-state index in [-0.39, 0.29) is 12.6 Å². The maximum Gasteiger partial charge on any atom is 0.222 e. The van der Waals surface area contributed by atoms with Gasteiger partial charge in [0, 0.05) is 31.7 Å². The molecule has 3 rings (SSSR count). The van der Waals surface area contributed by atoms with E-state index in [1.165, 1.54) is 0 Å². The van der Waals surface area contributed by atoms with Crippen molar-refractivity contribution in [3.8, 4) is 22.9 Å². The van der Waals surface area contributed by atoms with E-state index < -0.39 is 6.10 Å². The molecular weight excluding hydrogens is 402 g/mol. The number of rotatable bonds is 12. The molecule has 170 valence electrons. The van der Waals surface area contributed by atoms with Crippen molar-refractivity contribution < 1.29 is 14.6 Å². The quantitative estimate of drug-likeness (QED) is 0.331. The summed E-state index contributed by atoms with van der Waals surface area (Å²) in [5.74, 6) is 1.45. The lowest BCUT2D eigenvalue weighted by atomic mass is 10.1. The molecule has 0 bridgehead atoms. The van der Waals surface area contributed by atoms with Gasteiger partial charge < -0.3 is 14.6 Å². The summed E-state index contributed by atoms with van der Waals surface area (Å²) in [6.45, 7) is 9.63. The minimum Gasteiger partial charge on any atom is -0.439 e. The van der Waals surface area contributed by atoms with Crippen molar-refractivity contribution >= 4 is 0 Å². The van der Waals surface area contributed by atoms with Gasteiger partial charge in [0.1, 0.15) is 11.4 Å². The minimum absolute atomic E-state index is 0.206. The fourth-order valence-electron chi connectivity index (χ4n) is 3.52. The predicted octanol–water partition coefficient (Wildman–Crippen LogP) is 4.65. The Morgan fingerprint density at radius 3 is 2.38 bits per heavy atom. The zero-order valence-electron chi connectivity index (χ0n) is 19.1. The fraction of sp³-hybridized carbons (Fsp3) is 0.346. The van der Waals surface area contributed by atoms with Gasteiger partial charge in [-0.3, -0.25) is 4.90 Å². The van der Waals surface area contributed by atoms with Gasteiger partial charge in [-0.2, -0.15) is 5.10 Å². The molecule has 0 aliphatic heterocycles. The Balaban J connectivity index is 1.93. The van der Waals surface area contributed by atoms with Crippen LogP contribution in [0.4, 0.5) is 0 Å². The molecule has 2 aromatic carbocycles. The molecule has 0 aliphatic carbocycles. The van der Waals surface area contributed by atoms with Crippen LogP contribution in [0, 0.1) is 0 Å². The van der Waals surface area contributed by atoms with Crippen LogP contribution in [0.25, 0.3) is 11.3 Å². The van der Waals surface area contributed by atoms with Gasteiger partial charge in [0.15, 0.2) is 0 Å². The molecule has 1 heterocycles. The first kappa shape index (κ1) is 23.7. The van der Waals surface area contributed by atoms with Crippen LogP contribution in [-0.2, 0) is 18.3 Å². The molecular formula is C26H33N3O3. The van der Waals surface area contributed by atoms with Crippen LogP contribution in [0.1, 0.15) is 19.4 Å². The van der Waals surface area contributed by atoms with Gasteiger partial charge >= 0.3 is 0 Å². The van der Waals surface area contributed by atoms with Crippen molar-refractivity contribution in [3.63, 3.8) is 0 Å². The number of ether oxygens (including phenoxy) is 2. The summed E-state index contributed by atoms with van der Waals surface area (Å²) in [7, 11) is 1.89. The van der Waals surface area contributed by atoms with Gasteiger partial charge in [-0.25, -0.2) is 4.68 Å². The third kappa shape index (κ3) is 6.29. The van der Waals surface area contributed by atoms with Crippen LogP contribution >= 0.6 is 0 Å². The number of aryl methyl sites for hydroxylation is 1. The summed E-state index contributed by atoms with van der Waals surface area (Å²) in [4.78, 5) is 2.21. The van der Waals surface area contributed by atoms with E-state index in [1.807, 2.05) is 55.6 Å². The maximum atomic E-state index is 10.5. The number of aromatic nitrogens is 2. The van der Waals surface area contributed by atoms with Crippen molar-refractivity contribution in [2.24, 2.45) is 7.05 Å². The number of benzene rings is 2. The zero-order valence-corrected chi connectivity index (χ0v) is 19.1. The highest BCUT2D eigenvalue weighted by Crippen LogP contribution is 2.34. The largest absolute Gasteiger partial charge is 0.439 e. The zero-order chi connectivity index (χ0) is 22.9. The van der Waals surface area contributed by atoms with E-state index in [1.54, 1.807) is 10.8 Å². The Hall–Kier alpha value is -2.93. The smallest absolute Gasteiger partial charge is 0.222 e. The molecule has 3 aromatic rings. The van der Waals surface area contributed by atoms with Gasteiger partial charge in [0.25, 0.3) is 0 Å². The summed E-state index contributed by atoms with van der Waals surface area (Å²) < 4.78 is 13.5. The van der Waals surface area contributed by atoms with Crippen molar-refractivity contribution in [1.29, 1.82) is 0 Å². The Bertz CT molecular complexity index is 971. The van der Waals surface area contributed by atoms with Gasteiger partial charge in [0.2, 0.25) is 5.88 Å². The monoisotopic (exact) mass is 435 g/mol. The first-order valence-electron chi connectivity index (χ1n) is 10.9. The number of hydrogen-bond acceptors (Lipinski definition) is 5. The molecule has 0 spiro atoms. The van der Waals surface area contributed by atoms with Crippen LogP contribution in [0.5, 0.6) is 11.6 Å². The highest BCUT2D eigenvalue weighted by Gasteiger charge is 2.24. The summed E-state index contributed by atoms with van der Waals surface area (Å²) in [5, 5.41) is 15.3. The summed E-state index contributed by atoms with van der Waals surface area (Å²) in [6, 6.07) is 20.0. The molecule has 0 radical (unpaired) electrons. The normalized spacial score (nSPS) is 12.3. The third-order valence-corrected chi connectivity index (χ3v) is 5.18. The lowest BCUT2D eigenvalue weighted by Gasteiger charge is -2.29. The molecule has 6 heteroatoms. The van der Waals surface area contributed by atoms with Gasteiger partial charge in [0.05, 0.1) is 24.9 Å². The van der Waals surface area contributed by atoms with E-state index in [9.17, 15) is 5.11 Å². The Morgan fingerprint density at radius 1 is 1.09 bits per heavy atom. The van der Waals surface area contributed by atoms with E-state index in [4.69, 9.17) is 14.6 Å². The average molecular weight is 436 g/mol. The van der Waals surface area contributed by atoms with Crippen LogP contribution in [0.15, 0.2) is 73.3 Å². The molecule has 0 aliphatic rings. The van der Waals surface area contributed by atoms with Crippen LogP contribution in [0.3, 0.4) is 0 Å².